The number of rotatable bonds is 4. The molecule has 2 saturated heterocycles. The third kappa shape index (κ3) is 4.69. The summed E-state index contributed by atoms with van der Waals surface area (Å²) >= 11 is 0. The average molecular weight is 395 g/mol. The van der Waals surface area contributed by atoms with E-state index in [9.17, 15) is 9.59 Å². The highest BCUT2D eigenvalue weighted by atomic mass is 16.2. The molecular formula is C23H30N4O2. The highest BCUT2D eigenvalue weighted by Gasteiger charge is 2.30. The standard InChI is InChI=1S/C23H30N4O2/c1-18-7-11-26(12-8-18)23(29)20-9-13-25(14-10-20)21-15-22(28)27(24-16-21)17-19-5-3-2-4-6-19/h2-6,15-16,18,20H,7-14,17H2,1H3. The van der Waals surface area contributed by atoms with Gasteiger partial charge in [0.25, 0.3) is 5.56 Å². The maximum atomic E-state index is 12.8. The smallest absolute Gasteiger partial charge is 0.269 e. The van der Waals surface area contributed by atoms with Crippen LogP contribution < -0.4 is 10.5 Å². The number of benzene rings is 1. The maximum absolute atomic E-state index is 12.8. The Morgan fingerprint density at radius 3 is 2.38 bits per heavy atom. The molecule has 0 saturated carbocycles. The summed E-state index contributed by atoms with van der Waals surface area (Å²) in [4.78, 5) is 29.6. The van der Waals surface area contributed by atoms with Crippen LogP contribution in [-0.2, 0) is 11.3 Å². The number of piperidine rings is 2. The molecule has 1 aromatic heterocycles. The molecule has 29 heavy (non-hydrogen) atoms. The Morgan fingerprint density at radius 1 is 1.03 bits per heavy atom. The van der Waals surface area contributed by atoms with Gasteiger partial charge in [0.05, 0.1) is 18.4 Å². The summed E-state index contributed by atoms with van der Waals surface area (Å²) in [5.41, 5.74) is 1.82. The number of hydrogen-bond donors (Lipinski definition) is 0. The fourth-order valence-corrected chi connectivity index (χ4v) is 4.34. The van der Waals surface area contributed by atoms with E-state index >= 15 is 0 Å². The summed E-state index contributed by atoms with van der Waals surface area (Å²) in [5, 5.41) is 4.37. The van der Waals surface area contributed by atoms with Crippen molar-refractivity contribution in [3.8, 4) is 0 Å². The number of carbonyl (C=O) groups is 1. The van der Waals surface area contributed by atoms with Crippen molar-refractivity contribution < 1.29 is 4.79 Å². The highest BCUT2D eigenvalue weighted by molar-refractivity contribution is 5.79. The van der Waals surface area contributed by atoms with Gasteiger partial charge in [-0.05, 0) is 37.2 Å². The molecule has 4 rings (SSSR count). The Balaban J connectivity index is 1.34. The molecule has 0 spiro atoms. The van der Waals surface area contributed by atoms with Gasteiger partial charge in [-0.2, -0.15) is 5.10 Å². The van der Waals surface area contributed by atoms with Gasteiger partial charge < -0.3 is 9.80 Å². The molecule has 2 aliphatic rings. The zero-order chi connectivity index (χ0) is 20.2. The predicted octanol–water partition coefficient (Wildman–Crippen LogP) is 2.77. The molecule has 1 amide bonds. The number of anilines is 1. The predicted molar refractivity (Wildman–Crippen MR) is 114 cm³/mol. The fraction of sp³-hybridized carbons (Fsp3) is 0.522. The van der Waals surface area contributed by atoms with Gasteiger partial charge in [0.15, 0.2) is 0 Å². The van der Waals surface area contributed by atoms with E-state index < -0.39 is 0 Å². The molecule has 2 aromatic rings. The first-order valence-corrected chi connectivity index (χ1v) is 10.7. The first-order chi connectivity index (χ1) is 14.1. The highest BCUT2D eigenvalue weighted by Crippen LogP contribution is 2.25. The molecule has 1 aromatic carbocycles. The van der Waals surface area contributed by atoms with Gasteiger partial charge in [-0.1, -0.05) is 37.3 Å². The molecule has 0 bridgehead atoms. The van der Waals surface area contributed by atoms with Crippen LogP contribution in [0.25, 0.3) is 0 Å². The van der Waals surface area contributed by atoms with E-state index in [0.29, 0.717) is 12.5 Å². The van der Waals surface area contributed by atoms with Gasteiger partial charge >= 0.3 is 0 Å². The number of carbonyl (C=O) groups excluding carboxylic acids is 1. The van der Waals surface area contributed by atoms with E-state index in [1.807, 2.05) is 30.3 Å². The SMILES string of the molecule is CC1CCN(C(=O)C2CCN(c3cnn(Cc4ccccc4)c(=O)c3)CC2)CC1. The lowest BCUT2D eigenvalue weighted by Crippen LogP contribution is -2.45. The largest absolute Gasteiger partial charge is 0.370 e. The molecule has 0 unspecified atom stereocenters. The Bertz CT molecular complexity index is 879. The van der Waals surface area contributed by atoms with E-state index in [1.165, 1.54) is 4.68 Å². The summed E-state index contributed by atoms with van der Waals surface area (Å²) in [5.74, 6) is 1.18. The van der Waals surface area contributed by atoms with Crippen molar-refractivity contribution in [1.29, 1.82) is 0 Å². The molecule has 2 fully saturated rings. The first kappa shape index (κ1) is 19.7. The van der Waals surface area contributed by atoms with Crippen LogP contribution in [0.4, 0.5) is 5.69 Å². The normalized spacial score (nSPS) is 18.8. The molecule has 0 aliphatic carbocycles. The zero-order valence-electron chi connectivity index (χ0n) is 17.2. The third-order valence-corrected chi connectivity index (χ3v) is 6.33. The van der Waals surface area contributed by atoms with E-state index in [1.54, 1.807) is 12.3 Å². The number of likely N-dealkylation sites (tertiary alicyclic amines) is 1. The van der Waals surface area contributed by atoms with Crippen molar-refractivity contribution >= 4 is 11.6 Å². The Hall–Kier alpha value is -2.63. The Kier molecular flexibility index (Phi) is 5.97. The Morgan fingerprint density at radius 2 is 1.72 bits per heavy atom. The van der Waals surface area contributed by atoms with Crippen molar-refractivity contribution in [1.82, 2.24) is 14.7 Å². The molecule has 0 N–H and O–H groups in total. The Labute approximate surface area is 172 Å². The van der Waals surface area contributed by atoms with Gasteiger partial charge in [0, 0.05) is 38.2 Å². The van der Waals surface area contributed by atoms with E-state index in [2.05, 4.69) is 21.8 Å². The summed E-state index contributed by atoms with van der Waals surface area (Å²) in [6, 6.07) is 11.5. The van der Waals surface area contributed by atoms with Crippen LogP contribution in [-0.4, -0.2) is 46.8 Å². The second-order valence-electron chi connectivity index (χ2n) is 8.46. The molecule has 6 nitrogen and oxygen atoms in total. The molecule has 2 aliphatic heterocycles. The molecule has 0 atom stereocenters. The van der Waals surface area contributed by atoms with Gasteiger partial charge in [0.2, 0.25) is 5.91 Å². The lowest BCUT2D eigenvalue weighted by molar-refractivity contribution is -0.137. The third-order valence-electron chi connectivity index (χ3n) is 6.33. The van der Waals surface area contributed by atoms with Gasteiger partial charge in [0.1, 0.15) is 0 Å². The van der Waals surface area contributed by atoms with E-state index in [4.69, 9.17) is 0 Å². The second kappa shape index (κ2) is 8.80. The number of nitrogens with zero attached hydrogens (tertiary/aromatic N) is 4. The van der Waals surface area contributed by atoms with Gasteiger partial charge in [-0.3, -0.25) is 9.59 Å². The minimum Gasteiger partial charge on any atom is -0.370 e. The summed E-state index contributed by atoms with van der Waals surface area (Å²) < 4.78 is 1.49. The van der Waals surface area contributed by atoms with Crippen molar-refractivity contribution in [2.75, 3.05) is 31.1 Å². The molecule has 6 heteroatoms. The monoisotopic (exact) mass is 394 g/mol. The van der Waals surface area contributed by atoms with Crippen LogP contribution >= 0.6 is 0 Å². The van der Waals surface area contributed by atoms with Crippen molar-refractivity contribution in [2.24, 2.45) is 11.8 Å². The minimum absolute atomic E-state index is 0.0908. The number of hydrogen-bond acceptors (Lipinski definition) is 4. The molecular weight excluding hydrogens is 364 g/mol. The second-order valence-corrected chi connectivity index (χ2v) is 8.46. The molecule has 154 valence electrons. The van der Waals surface area contributed by atoms with Crippen LogP contribution in [0, 0.1) is 11.8 Å². The lowest BCUT2D eigenvalue weighted by atomic mass is 9.92. The first-order valence-electron chi connectivity index (χ1n) is 10.7. The molecule has 0 radical (unpaired) electrons. The topological polar surface area (TPSA) is 58.4 Å². The van der Waals surface area contributed by atoms with Crippen LogP contribution in [0.5, 0.6) is 0 Å². The average Bonchev–Trinajstić information content (AvgIpc) is 2.76. The quantitative estimate of drug-likeness (QED) is 0.800. The fourth-order valence-electron chi connectivity index (χ4n) is 4.34. The van der Waals surface area contributed by atoms with Crippen LogP contribution in [0.15, 0.2) is 47.4 Å². The summed E-state index contributed by atoms with van der Waals surface area (Å²) in [6.45, 7) is 6.15. The van der Waals surface area contributed by atoms with Gasteiger partial charge in [-0.25, -0.2) is 4.68 Å². The minimum atomic E-state index is -0.0908. The maximum Gasteiger partial charge on any atom is 0.269 e. The summed E-state index contributed by atoms with van der Waals surface area (Å²) in [6.07, 6.45) is 5.71. The van der Waals surface area contributed by atoms with Crippen LogP contribution in [0.2, 0.25) is 0 Å². The molecule has 3 heterocycles. The van der Waals surface area contributed by atoms with Crippen molar-refractivity contribution in [3.05, 3.63) is 58.5 Å². The number of amides is 1. The zero-order valence-corrected chi connectivity index (χ0v) is 17.2. The van der Waals surface area contributed by atoms with Crippen molar-refractivity contribution in [2.45, 2.75) is 39.2 Å². The van der Waals surface area contributed by atoms with Crippen LogP contribution in [0.3, 0.4) is 0 Å². The van der Waals surface area contributed by atoms with Crippen molar-refractivity contribution in [3.63, 3.8) is 0 Å². The van der Waals surface area contributed by atoms with Crippen LogP contribution in [0.1, 0.15) is 38.2 Å². The van der Waals surface area contributed by atoms with E-state index in [-0.39, 0.29) is 11.5 Å². The summed E-state index contributed by atoms with van der Waals surface area (Å²) in [7, 11) is 0. The van der Waals surface area contributed by atoms with E-state index in [0.717, 1.165) is 69.0 Å². The van der Waals surface area contributed by atoms with Gasteiger partial charge in [-0.15, -0.1) is 0 Å². The lowest BCUT2D eigenvalue weighted by Gasteiger charge is -2.37. The number of aromatic nitrogens is 2.